The number of nitrogens with zero attached hydrogens (tertiary/aromatic N) is 3. The predicted octanol–water partition coefficient (Wildman–Crippen LogP) is 4.02. The van der Waals surface area contributed by atoms with Crippen LogP contribution in [0.4, 0.5) is 19.0 Å². The quantitative estimate of drug-likeness (QED) is 0.782. The van der Waals surface area contributed by atoms with Gasteiger partial charge in [0.25, 0.3) is 0 Å². The average molecular weight is 359 g/mol. The predicted molar refractivity (Wildman–Crippen MR) is 80.3 cm³/mol. The molecule has 0 saturated carbocycles. The van der Waals surface area contributed by atoms with E-state index in [9.17, 15) is 13.2 Å². The van der Waals surface area contributed by atoms with Crippen LogP contribution in [0.1, 0.15) is 23.7 Å². The van der Waals surface area contributed by atoms with Crippen LogP contribution in [0.2, 0.25) is 10.0 Å². The van der Waals surface area contributed by atoms with Gasteiger partial charge in [-0.1, -0.05) is 29.1 Å². The third kappa shape index (κ3) is 3.07. The Morgan fingerprint density at radius 3 is 2.26 bits per heavy atom. The lowest BCUT2D eigenvalue weighted by Gasteiger charge is -2.13. The van der Waals surface area contributed by atoms with Gasteiger partial charge in [0.15, 0.2) is 5.69 Å². The van der Waals surface area contributed by atoms with Crippen LogP contribution < -0.4 is 5.73 Å². The summed E-state index contributed by atoms with van der Waals surface area (Å²) < 4.78 is 39.3. The van der Waals surface area contributed by atoms with E-state index in [2.05, 4.69) is 16.9 Å². The lowest BCUT2D eigenvalue weighted by molar-refractivity contribution is -0.137. The molecule has 2 N–H and O–H groups in total. The molecule has 118 valence electrons. The van der Waals surface area contributed by atoms with Crippen LogP contribution in [0, 0.1) is 23.2 Å². The highest BCUT2D eigenvalue weighted by Gasteiger charge is 2.32. The Hall–Kier alpha value is -2.35. The molecule has 0 spiro atoms. The molecule has 2 rings (SSSR count). The van der Waals surface area contributed by atoms with Gasteiger partial charge in [-0.3, -0.25) is 0 Å². The molecule has 1 aromatic carbocycles. The number of rotatable bonds is 1. The van der Waals surface area contributed by atoms with E-state index < -0.39 is 11.7 Å². The molecule has 0 saturated heterocycles. The second-order valence-corrected chi connectivity index (χ2v) is 5.11. The molecule has 23 heavy (non-hydrogen) atoms. The lowest BCUT2D eigenvalue weighted by atomic mass is 10.2. The summed E-state index contributed by atoms with van der Waals surface area (Å²) in [6, 6.07) is 3.22. The number of hydrogen-bond donors (Lipinski definition) is 1. The molecule has 0 radical (unpaired) electrons. The van der Waals surface area contributed by atoms with Gasteiger partial charge in [0.05, 0.1) is 15.6 Å². The van der Waals surface area contributed by atoms with E-state index >= 15 is 0 Å². The summed E-state index contributed by atoms with van der Waals surface area (Å²) in [5.41, 5.74) is 4.88. The van der Waals surface area contributed by atoms with Crippen molar-refractivity contribution in [2.45, 2.75) is 13.1 Å². The minimum Gasteiger partial charge on any atom is -0.383 e. The smallest absolute Gasteiger partial charge is 0.383 e. The molecule has 0 amide bonds. The van der Waals surface area contributed by atoms with Crippen molar-refractivity contribution in [2.75, 3.05) is 5.73 Å². The second-order valence-electron chi connectivity index (χ2n) is 4.29. The minimum atomic E-state index is -4.60. The second kappa shape index (κ2) is 6.04. The van der Waals surface area contributed by atoms with E-state index in [1.54, 1.807) is 6.07 Å². The maximum Gasteiger partial charge on any atom is 0.416 e. The Balaban J connectivity index is 2.73. The Morgan fingerprint density at radius 1 is 1.26 bits per heavy atom. The van der Waals surface area contributed by atoms with Crippen LogP contribution >= 0.6 is 23.2 Å². The Labute approximate surface area is 139 Å². The molecule has 0 aliphatic carbocycles. The van der Waals surface area contributed by atoms with Crippen LogP contribution in [-0.2, 0) is 6.18 Å². The molecule has 0 atom stereocenters. The van der Waals surface area contributed by atoms with Gasteiger partial charge in [-0.2, -0.15) is 23.5 Å². The van der Waals surface area contributed by atoms with Crippen LogP contribution in [0.25, 0.3) is 5.69 Å². The normalized spacial score (nSPS) is 10.8. The fourth-order valence-corrected chi connectivity index (χ4v) is 2.51. The first-order chi connectivity index (χ1) is 10.7. The zero-order chi connectivity index (χ0) is 17.4. The summed E-state index contributed by atoms with van der Waals surface area (Å²) in [5, 5.41) is 12.4. The molecule has 9 heteroatoms. The molecular formula is C14H7Cl2F3N4. The van der Waals surface area contributed by atoms with Crippen molar-refractivity contribution in [1.82, 2.24) is 9.78 Å². The summed E-state index contributed by atoms with van der Waals surface area (Å²) in [7, 11) is 0. The van der Waals surface area contributed by atoms with Crippen LogP contribution in [-0.4, -0.2) is 9.78 Å². The maximum atomic E-state index is 12.8. The molecule has 0 fully saturated rings. The number of nitrogen functional groups attached to an aromatic ring is 1. The van der Waals surface area contributed by atoms with Crippen molar-refractivity contribution in [3.8, 4) is 23.6 Å². The first-order valence-corrected chi connectivity index (χ1v) is 6.74. The van der Waals surface area contributed by atoms with Gasteiger partial charge in [-0.25, -0.2) is 4.68 Å². The number of hydrogen-bond acceptors (Lipinski definition) is 3. The fraction of sp³-hybridized carbons (Fsp3) is 0.143. The third-order valence-corrected chi connectivity index (χ3v) is 3.41. The van der Waals surface area contributed by atoms with Crippen molar-refractivity contribution in [3.05, 3.63) is 39.0 Å². The molecule has 0 aliphatic rings. The SMILES string of the molecule is CC#Cc1c(C#N)nn(-c2c(Cl)cc(C(F)(F)F)cc2Cl)c1N. The standard InChI is InChI=1S/C14H7Cl2F3N4/c1-2-3-8-11(6-20)22-23(13(8)21)12-9(15)4-7(5-10(12)16)14(17,18)19/h4-5H,21H2,1H3. The Kier molecular flexibility index (Phi) is 4.46. The summed E-state index contributed by atoms with van der Waals surface area (Å²) in [6.45, 7) is 1.54. The molecular weight excluding hydrogens is 352 g/mol. The van der Waals surface area contributed by atoms with E-state index in [0.717, 1.165) is 4.68 Å². The van der Waals surface area contributed by atoms with E-state index in [0.29, 0.717) is 12.1 Å². The monoisotopic (exact) mass is 358 g/mol. The summed E-state index contributed by atoms with van der Waals surface area (Å²) >= 11 is 11.8. The number of nitriles is 1. The van der Waals surface area contributed by atoms with Crippen molar-refractivity contribution in [3.63, 3.8) is 0 Å². The number of halogens is 5. The number of aromatic nitrogens is 2. The topological polar surface area (TPSA) is 67.6 Å². The largest absolute Gasteiger partial charge is 0.416 e. The van der Waals surface area contributed by atoms with E-state index in [1.165, 1.54) is 6.92 Å². The van der Waals surface area contributed by atoms with Crippen LogP contribution in [0.5, 0.6) is 0 Å². The Bertz CT molecular complexity index is 859. The molecule has 0 unspecified atom stereocenters. The number of nitrogens with two attached hydrogens (primary N) is 1. The lowest BCUT2D eigenvalue weighted by Crippen LogP contribution is -2.08. The third-order valence-electron chi connectivity index (χ3n) is 2.83. The summed E-state index contributed by atoms with van der Waals surface area (Å²) in [5.74, 6) is 5.14. The summed E-state index contributed by atoms with van der Waals surface area (Å²) in [6.07, 6.45) is -4.60. The highest BCUT2D eigenvalue weighted by Crippen LogP contribution is 2.38. The van der Waals surface area contributed by atoms with E-state index in [1.807, 2.05) is 0 Å². The van der Waals surface area contributed by atoms with Gasteiger partial charge in [-0.05, 0) is 19.1 Å². The van der Waals surface area contributed by atoms with Crippen LogP contribution in [0.15, 0.2) is 12.1 Å². The van der Waals surface area contributed by atoms with Gasteiger partial charge >= 0.3 is 6.18 Å². The van der Waals surface area contributed by atoms with Gasteiger partial charge in [-0.15, -0.1) is 5.92 Å². The van der Waals surface area contributed by atoms with Crippen molar-refractivity contribution < 1.29 is 13.2 Å². The van der Waals surface area contributed by atoms with Crippen molar-refractivity contribution in [1.29, 1.82) is 5.26 Å². The van der Waals surface area contributed by atoms with E-state index in [-0.39, 0.29) is 32.8 Å². The van der Waals surface area contributed by atoms with E-state index in [4.69, 9.17) is 34.2 Å². The number of anilines is 1. The molecule has 0 aliphatic heterocycles. The molecule has 1 aromatic heterocycles. The highest BCUT2D eigenvalue weighted by molar-refractivity contribution is 6.38. The Morgan fingerprint density at radius 2 is 1.83 bits per heavy atom. The molecule has 4 nitrogen and oxygen atoms in total. The maximum absolute atomic E-state index is 12.8. The van der Waals surface area contributed by atoms with Crippen LogP contribution in [0.3, 0.4) is 0 Å². The van der Waals surface area contributed by atoms with Gasteiger partial charge in [0.1, 0.15) is 23.1 Å². The van der Waals surface area contributed by atoms with Gasteiger partial charge < -0.3 is 5.73 Å². The van der Waals surface area contributed by atoms with Crippen molar-refractivity contribution in [2.24, 2.45) is 0 Å². The number of benzene rings is 1. The molecule has 1 heterocycles. The zero-order valence-electron chi connectivity index (χ0n) is 11.5. The average Bonchev–Trinajstić information content (AvgIpc) is 2.75. The first kappa shape index (κ1) is 17.0. The first-order valence-electron chi connectivity index (χ1n) is 5.98. The summed E-state index contributed by atoms with van der Waals surface area (Å²) in [4.78, 5) is 0. The molecule has 0 bridgehead atoms. The van der Waals surface area contributed by atoms with Crippen molar-refractivity contribution >= 4 is 29.0 Å². The van der Waals surface area contributed by atoms with Gasteiger partial charge in [0, 0.05) is 0 Å². The minimum absolute atomic E-state index is 0.0422. The molecule has 2 aromatic rings. The van der Waals surface area contributed by atoms with Gasteiger partial charge in [0.2, 0.25) is 0 Å². The number of alkyl halides is 3. The zero-order valence-corrected chi connectivity index (χ0v) is 13.0. The highest BCUT2D eigenvalue weighted by atomic mass is 35.5. The fourth-order valence-electron chi connectivity index (χ4n) is 1.86.